The molecule has 92 valence electrons. The molecule has 0 saturated heterocycles. The predicted octanol–water partition coefficient (Wildman–Crippen LogP) is 2.06. The Labute approximate surface area is 104 Å². The maximum atomic E-state index is 11.6. The van der Waals surface area contributed by atoms with Gasteiger partial charge in [-0.05, 0) is 31.2 Å². The molecule has 2 rings (SSSR count). The van der Waals surface area contributed by atoms with Crippen LogP contribution in [0.3, 0.4) is 0 Å². The van der Waals surface area contributed by atoms with Crippen molar-refractivity contribution < 1.29 is 14.3 Å². The maximum Gasteiger partial charge on any atom is 0.275 e. The molecule has 0 atom stereocenters. The lowest BCUT2D eigenvalue weighted by atomic mass is 10.2. The van der Waals surface area contributed by atoms with Crippen LogP contribution in [0, 0.1) is 6.92 Å². The summed E-state index contributed by atoms with van der Waals surface area (Å²) in [6.45, 7) is 1.82. The van der Waals surface area contributed by atoms with Crippen molar-refractivity contribution in [1.82, 2.24) is 5.43 Å². The van der Waals surface area contributed by atoms with Crippen molar-refractivity contribution in [3.63, 3.8) is 0 Å². The molecule has 0 fully saturated rings. The number of hydrogen-bond donors (Lipinski definition) is 2. The van der Waals surface area contributed by atoms with Crippen LogP contribution in [0.4, 0.5) is 0 Å². The lowest BCUT2D eigenvalue weighted by molar-refractivity contribution is 0.0952. The van der Waals surface area contributed by atoms with E-state index in [1.807, 2.05) is 6.92 Å². The number of aromatic hydroxyl groups is 1. The van der Waals surface area contributed by atoms with Crippen molar-refractivity contribution in [2.24, 2.45) is 5.10 Å². The summed E-state index contributed by atoms with van der Waals surface area (Å²) in [6.07, 6.45) is 1.39. The molecule has 0 radical (unpaired) electrons. The molecule has 1 aromatic carbocycles. The van der Waals surface area contributed by atoms with E-state index in [0.717, 1.165) is 5.76 Å². The molecule has 18 heavy (non-hydrogen) atoms. The van der Waals surface area contributed by atoms with E-state index in [4.69, 9.17) is 4.42 Å². The smallest absolute Gasteiger partial charge is 0.275 e. The molecule has 0 unspecified atom stereocenters. The van der Waals surface area contributed by atoms with Gasteiger partial charge >= 0.3 is 0 Å². The van der Waals surface area contributed by atoms with Gasteiger partial charge in [-0.1, -0.05) is 12.1 Å². The van der Waals surface area contributed by atoms with Crippen LogP contribution in [0.15, 0.2) is 45.9 Å². The summed E-state index contributed by atoms with van der Waals surface area (Å²) >= 11 is 0. The molecule has 2 aromatic rings. The average molecular weight is 244 g/mol. The second-order valence-corrected chi connectivity index (χ2v) is 3.66. The van der Waals surface area contributed by atoms with Crippen LogP contribution in [0.2, 0.25) is 0 Å². The second-order valence-electron chi connectivity index (χ2n) is 3.66. The molecule has 2 N–H and O–H groups in total. The normalized spacial score (nSPS) is 10.7. The minimum atomic E-state index is -0.479. The molecule has 1 aromatic heterocycles. The maximum absolute atomic E-state index is 11.6. The minimum Gasteiger partial charge on any atom is -0.507 e. The molecule has 0 spiro atoms. The van der Waals surface area contributed by atoms with Gasteiger partial charge in [-0.25, -0.2) is 5.43 Å². The van der Waals surface area contributed by atoms with E-state index < -0.39 is 5.91 Å². The monoisotopic (exact) mass is 244 g/mol. The number of phenolic OH excluding ortho intramolecular Hbond substituents is 1. The minimum absolute atomic E-state index is 0.0842. The number of benzene rings is 1. The van der Waals surface area contributed by atoms with E-state index in [1.165, 1.54) is 18.3 Å². The number of hydrazone groups is 1. The fourth-order valence-electron chi connectivity index (χ4n) is 1.40. The lowest BCUT2D eigenvalue weighted by Crippen LogP contribution is -2.17. The lowest BCUT2D eigenvalue weighted by Gasteiger charge is -2.01. The number of nitrogens with zero attached hydrogens (tertiary/aromatic N) is 1. The Hall–Kier alpha value is -2.56. The SMILES string of the molecule is Cc1ccc(/C=N/NC(=O)c2ccccc2O)o1. The standard InChI is InChI=1S/C13H12N2O3/c1-9-6-7-10(18-9)8-14-15-13(17)11-4-2-3-5-12(11)16/h2-8,16H,1H3,(H,15,17)/b14-8+. The van der Waals surface area contributed by atoms with Gasteiger partial charge in [-0.15, -0.1) is 0 Å². The predicted molar refractivity (Wildman–Crippen MR) is 66.6 cm³/mol. The van der Waals surface area contributed by atoms with Crippen molar-refractivity contribution >= 4 is 12.1 Å². The van der Waals surface area contributed by atoms with Crippen LogP contribution in [-0.4, -0.2) is 17.2 Å². The number of carbonyl (C=O) groups excluding carboxylic acids is 1. The molecule has 1 amide bonds. The Balaban J connectivity index is 2.01. The Morgan fingerprint density at radius 2 is 2.11 bits per heavy atom. The zero-order chi connectivity index (χ0) is 13.0. The Bertz CT molecular complexity index is 587. The van der Waals surface area contributed by atoms with Gasteiger partial charge in [0.15, 0.2) is 0 Å². The van der Waals surface area contributed by atoms with Crippen molar-refractivity contribution in [1.29, 1.82) is 0 Å². The first-order chi connectivity index (χ1) is 8.66. The number of hydrogen-bond acceptors (Lipinski definition) is 4. The zero-order valence-electron chi connectivity index (χ0n) is 9.75. The first kappa shape index (κ1) is 11.9. The first-order valence-corrected chi connectivity index (χ1v) is 5.34. The molecular formula is C13H12N2O3. The summed E-state index contributed by atoms with van der Waals surface area (Å²) in [6, 6.07) is 9.79. The van der Waals surface area contributed by atoms with Gasteiger partial charge in [0.2, 0.25) is 0 Å². The van der Waals surface area contributed by atoms with Gasteiger partial charge in [-0.3, -0.25) is 4.79 Å². The highest BCUT2D eigenvalue weighted by Gasteiger charge is 2.08. The number of phenols is 1. The van der Waals surface area contributed by atoms with E-state index in [1.54, 1.807) is 24.3 Å². The van der Waals surface area contributed by atoms with Gasteiger partial charge in [-0.2, -0.15) is 5.10 Å². The van der Waals surface area contributed by atoms with E-state index in [0.29, 0.717) is 5.76 Å². The van der Waals surface area contributed by atoms with E-state index in [2.05, 4.69) is 10.5 Å². The van der Waals surface area contributed by atoms with Crippen molar-refractivity contribution in [2.75, 3.05) is 0 Å². The van der Waals surface area contributed by atoms with Crippen LogP contribution in [0.25, 0.3) is 0 Å². The fourth-order valence-corrected chi connectivity index (χ4v) is 1.40. The number of para-hydroxylation sites is 1. The third-order valence-corrected chi connectivity index (χ3v) is 2.27. The molecule has 0 bridgehead atoms. The third kappa shape index (κ3) is 2.76. The Morgan fingerprint density at radius 1 is 1.33 bits per heavy atom. The highest BCUT2D eigenvalue weighted by Crippen LogP contribution is 2.14. The van der Waals surface area contributed by atoms with Crippen LogP contribution in [-0.2, 0) is 0 Å². The number of nitrogens with one attached hydrogen (secondary N) is 1. The molecule has 0 saturated carbocycles. The average Bonchev–Trinajstić information content (AvgIpc) is 2.75. The summed E-state index contributed by atoms with van der Waals surface area (Å²) in [7, 11) is 0. The van der Waals surface area contributed by atoms with Gasteiger partial charge in [0, 0.05) is 0 Å². The topological polar surface area (TPSA) is 74.8 Å². The summed E-state index contributed by atoms with van der Waals surface area (Å²) < 4.78 is 5.24. The largest absolute Gasteiger partial charge is 0.507 e. The van der Waals surface area contributed by atoms with Gasteiger partial charge in [0.1, 0.15) is 17.3 Å². The first-order valence-electron chi connectivity index (χ1n) is 5.34. The third-order valence-electron chi connectivity index (χ3n) is 2.27. The summed E-state index contributed by atoms with van der Waals surface area (Å²) in [5, 5.41) is 13.2. The van der Waals surface area contributed by atoms with Gasteiger partial charge < -0.3 is 9.52 Å². The van der Waals surface area contributed by atoms with Crippen LogP contribution in [0.5, 0.6) is 5.75 Å². The van der Waals surface area contributed by atoms with Crippen LogP contribution in [0.1, 0.15) is 21.9 Å². The van der Waals surface area contributed by atoms with E-state index in [-0.39, 0.29) is 11.3 Å². The quantitative estimate of drug-likeness (QED) is 0.641. The summed E-state index contributed by atoms with van der Waals surface area (Å²) in [5.74, 6) is 0.750. The van der Waals surface area contributed by atoms with Crippen molar-refractivity contribution in [3.05, 3.63) is 53.5 Å². The molecular weight excluding hydrogens is 232 g/mol. The van der Waals surface area contributed by atoms with E-state index in [9.17, 15) is 9.90 Å². The Kier molecular flexibility index (Phi) is 3.43. The Morgan fingerprint density at radius 3 is 2.78 bits per heavy atom. The van der Waals surface area contributed by atoms with Crippen LogP contribution >= 0.6 is 0 Å². The number of rotatable bonds is 3. The molecule has 0 aliphatic heterocycles. The van der Waals surface area contributed by atoms with Crippen LogP contribution < -0.4 is 5.43 Å². The van der Waals surface area contributed by atoms with E-state index >= 15 is 0 Å². The molecule has 5 nitrogen and oxygen atoms in total. The fraction of sp³-hybridized carbons (Fsp3) is 0.0769. The molecule has 0 aliphatic rings. The highest BCUT2D eigenvalue weighted by molar-refractivity contribution is 5.97. The summed E-state index contributed by atoms with van der Waals surface area (Å²) in [4.78, 5) is 11.6. The molecule has 1 heterocycles. The number of furan rings is 1. The van der Waals surface area contributed by atoms with Crippen molar-refractivity contribution in [3.8, 4) is 5.75 Å². The summed E-state index contributed by atoms with van der Waals surface area (Å²) in [5.41, 5.74) is 2.48. The van der Waals surface area contributed by atoms with Gasteiger partial charge in [0.25, 0.3) is 5.91 Å². The number of aryl methyl sites for hydroxylation is 1. The highest BCUT2D eigenvalue weighted by atomic mass is 16.3. The zero-order valence-corrected chi connectivity index (χ0v) is 9.75. The van der Waals surface area contributed by atoms with Crippen molar-refractivity contribution in [2.45, 2.75) is 6.92 Å². The number of amides is 1. The molecule has 5 heteroatoms. The molecule has 0 aliphatic carbocycles. The van der Waals surface area contributed by atoms with Gasteiger partial charge in [0.05, 0.1) is 11.8 Å². The second kappa shape index (κ2) is 5.18. The number of carbonyl (C=O) groups is 1.